The van der Waals surface area contributed by atoms with Crippen LogP contribution in [-0.2, 0) is 16.5 Å². The summed E-state index contributed by atoms with van der Waals surface area (Å²) in [5.41, 5.74) is 1.40. The maximum Gasteiger partial charge on any atom is 0.330 e. The van der Waals surface area contributed by atoms with Gasteiger partial charge in [0.15, 0.2) is 5.65 Å². The lowest BCUT2D eigenvalue weighted by molar-refractivity contribution is 0.0695. The highest BCUT2D eigenvalue weighted by Crippen LogP contribution is 2.32. The molecule has 1 saturated carbocycles. The number of fused-ring (bicyclic) bond motifs is 2. The predicted molar refractivity (Wildman–Crippen MR) is 157 cm³/mol. The fourth-order valence-electron chi connectivity index (χ4n) is 6.34. The van der Waals surface area contributed by atoms with Crippen LogP contribution in [0.25, 0.3) is 21.9 Å². The third-order valence-corrected chi connectivity index (χ3v) is 8.70. The summed E-state index contributed by atoms with van der Waals surface area (Å²) in [5, 5.41) is 5.72. The monoisotopic (exact) mass is 559 g/mol. The highest BCUT2D eigenvalue weighted by atomic mass is 16.5. The van der Waals surface area contributed by atoms with Crippen LogP contribution in [0.1, 0.15) is 44.6 Å². The largest absolute Gasteiger partial charge is 0.474 e. The number of anilines is 2. The molecule has 216 valence electrons. The second-order valence-electron chi connectivity index (χ2n) is 11.3. The van der Waals surface area contributed by atoms with Crippen molar-refractivity contribution >= 4 is 33.7 Å². The van der Waals surface area contributed by atoms with E-state index in [0.717, 1.165) is 86.9 Å². The van der Waals surface area contributed by atoms with Crippen LogP contribution in [0.15, 0.2) is 41.3 Å². The Labute approximate surface area is 238 Å². The van der Waals surface area contributed by atoms with Crippen molar-refractivity contribution in [2.24, 2.45) is 7.05 Å². The number of hydrogen-bond acceptors (Lipinski definition) is 9. The van der Waals surface area contributed by atoms with Gasteiger partial charge in [-0.2, -0.15) is 9.97 Å². The van der Waals surface area contributed by atoms with Gasteiger partial charge in [0, 0.05) is 50.8 Å². The van der Waals surface area contributed by atoms with E-state index in [1.807, 2.05) is 10.6 Å². The highest BCUT2D eigenvalue weighted by molar-refractivity contribution is 5.89. The van der Waals surface area contributed by atoms with Crippen LogP contribution in [0.5, 0.6) is 5.88 Å². The van der Waals surface area contributed by atoms with Crippen molar-refractivity contribution in [3.8, 4) is 5.88 Å². The molecule has 1 aliphatic carbocycles. The molecule has 3 aromatic heterocycles. The van der Waals surface area contributed by atoms with E-state index in [4.69, 9.17) is 24.2 Å². The third-order valence-electron chi connectivity index (χ3n) is 8.70. The average Bonchev–Trinajstić information content (AvgIpc) is 3.27. The number of nitrogens with one attached hydrogen (secondary N) is 1. The molecule has 3 fully saturated rings. The van der Waals surface area contributed by atoms with Crippen LogP contribution in [-0.4, -0.2) is 75.7 Å². The standard InChI is InChI=1S/C30H37N7O4/c1-35-25-19-31-29(34-27(25)37(30(35)38)22-10-14-39-15-11-22)32-21-6-8-23(9-7-21)41-28-24-5-3-2-4-20(24)18-26(33-28)36-12-16-40-17-13-36/h2-5,18-19,21-23H,6-17H2,1H3,(H,31,32,34)/t21-,23+. The zero-order valence-electron chi connectivity index (χ0n) is 23.5. The van der Waals surface area contributed by atoms with Crippen LogP contribution in [0.3, 0.4) is 0 Å². The second kappa shape index (κ2) is 11.3. The first kappa shape index (κ1) is 26.2. The van der Waals surface area contributed by atoms with Gasteiger partial charge in [0.05, 0.1) is 19.4 Å². The number of nitrogens with zero attached hydrogens (tertiary/aromatic N) is 6. The summed E-state index contributed by atoms with van der Waals surface area (Å²) in [6.45, 7) is 4.44. The van der Waals surface area contributed by atoms with Crippen molar-refractivity contribution in [1.29, 1.82) is 0 Å². The molecule has 0 radical (unpaired) electrons. The summed E-state index contributed by atoms with van der Waals surface area (Å²) in [6.07, 6.45) is 7.19. The molecule has 41 heavy (non-hydrogen) atoms. The zero-order valence-corrected chi connectivity index (χ0v) is 23.5. The minimum atomic E-state index is -0.0465. The summed E-state index contributed by atoms with van der Waals surface area (Å²) in [7, 11) is 1.78. The number of hydrogen-bond donors (Lipinski definition) is 1. The molecule has 5 heterocycles. The van der Waals surface area contributed by atoms with Crippen LogP contribution in [0, 0.1) is 0 Å². The van der Waals surface area contributed by atoms with Gasteiger partial charge in [-0.3, -0.25) is 9.13 Å². The smallest absolute Gasteiger partial charge is 0.330 e. The number of aryl methyl sites for hydroxylation is 1. The van der Waals surface area contributed by atoms with Gasteiger partial charge in [0.25, 0.3) is 0 Å². The summed E-state index contributed by atoms with van der Waals surface area (Å²) < 4.78 is 21.1. The van der Waals surface area contributed by atoms with Gasteiger partial charge >= 0.3 is 5.69 Å². The highest BCUT2D eigenvalue weighted by Gasteiger charge is 2.27. The van der Waals surface area contributed by atoms with Crippen LogP contribution in [0.4, 0.5) is 11.8 Å². The molecule has 2 saturated heterocycles. The Morgan fingerprint density at radius 3 is 2.51 bits per heavy atom. The Morgan fingerprint density at radius 2 is 1.71 bits per heavy atom. The van der Waals surface area contributed by atoms with Gasteiger partial charge in [-0.15, -0.1) is 0 Å². The first-order valence-corrected chi connectivity index (χ1v) is 14.8. The molecule has 0 unspecified atom stereocenters. The van der Waals surface area contributed by atoms with E-state index in [9.17, 15) is 4.79 Å². The SMILES string of the molecule is Cn1c(=O)n(C2CCOCC2)c2nc(N[C@H]3CC[C@@H](Oc4nc(N5CCOCC5)cc5ccccc45)CC3)ncc21. The molecule has 0 spiro atoms. The van der Waals surface area contributed by atoms with Crippen molar-refractivity contribution in [2.45, 2.75) is 56.7 Å². The molecular weight excluding hydrogens is 522 g/mol. The van der Waals surface area contributed by atoms with E-state index in [-0.39, 0.29) is 23.9 Å². The molecule has 1 N–H and O–H groups in total. The lowest BCUT2D eigenvalue weighted by Crippen LogP contribution is -2.37. The Bertz CT molecular complexity index is 1580. The number of pyridine rings is 1. The maximum absolute atomic E-state index is 13.0. The molecule has 7 rings (SSSR count). The lowest BCUT2D eigenvalue weighted by Gasteiger charge is -2.31. The summed E-state index contributed by atoms with van der Waals surface area (Å²) in [6, 6.07) is 10.8. The molecule has 0 bridgehead atoms. The molecule has 0 amide bonds. The van der Waals surface area contributed by atoms with E-state index < -0.39 is 0 Å². The summed E-state index contributed by atoms with van der Waals surface area (Å²) in [5.74, 6) is 2.23. The average molecular weight is 560 g/mol. The van der Waals surface area contributed by atoms with Crippen molar-refractivity contribution in [3.05, 3.63) is 47.0 Å². The van der Waals surface area contributed by atoms with E-state index in [2.05, 4.69) is 39.5 Å². The number of imidazole rings is 1. The topological polar surface area (TPSA) is 109 Å². The van der Waals surface area contributed by atoms with E-state index >= 15 is 0 Å². The van der Waals surface area contributed by atoms with Gasteiger partial charge < -0.3 is 24.4 Å². The van der Waals surface area contributed by atoms with Crippen molar-refractivity contribution in [3.63, 3.8) is 0 Å². The van der Waals surface area contributed by atoms with Gasteiger partial charge in [-0.05, 0) is 56.0 Å². The van der Waals surface area contributed by atoms with E-state index in [0.29, 0.717) is 30.7 Å². The fraction of sp³-hybridized carbons (Fsp3) is 0.533. The zero-order chi connectivity index (χ0) is 27.8. The van der Waals surface area contributed by atoms with Gasteiger partial charge in [-0.1, -0.05) is 18.2 Å². The molecule has 11 heteroatoms. The third kappa shape index (κ3) is 5.24. The molecule has 2 aliphatic heterocycles. The minimum Gasteiger partial charge on any atom is -0.474 e. The van der Waals surface area contributed by atoms with Crippen LogP contribution >= 0.6 is 0 Å². The van der Waals surface area contributed by atoms with Gasteiger partial charge in [0.1, 0.15) is 17.4 Å². The van der Waals surface area contributed by atoms with Gasteiger partial charge in [0.2, 0.25) is 11.8 Å². The molecule has 4 aromatic rings. The van der Waals surface area contributed by atoms with Crippen molar-refractivity contribution in [1.82, 2.24) is 24.1 Å². The fourth-order valence-corrected chi connectivity index (χ4v) is 6.34. The number of benzene rings is 1. The number of aromatic nitrogens is 5. The first-order valence-electron chi connectivity index (χ1n) is 14.8. The summed E-state index contributed by atoms with van der Waals surface area (Å²) in [4.78, 5) is 29.7. The Balaban J connectivity index is 1.04. The number of rotatable bonds is 6. The molecule has 0 atom stereocenters. The van der Waals surface area contributed by atoms with E-state index in [1.165, 1.54) is 0 Å². The van der Waals surface area contributed by atoms with Crippen LogP contribution in [0.2, 0.25) is 0 Å². The molecule has 1 aromatic carbocycles. The normalized spacial score (nSPS) is 22.3. The van der Waals surface area contributed by atoms with Gasteiger partial charge in [-0.25, -0.2) is 9.78 Å². The number of ether oxygens (including phenoxy) is 3. The summed E-state index contributed by atoms with van der Waals surface area (Å²) >= 11 is 0. The molecular formula is C30H37N7O4. The maximum atomic E-state index is 13.0. The first-order chi connectivity index (χ1) is 20.1. The van der Waals surface area contributed by atoms with Crippen molar-refractivity contribution < 1.29 is 14.2 Å². The Hall–Kier alpha value is -3.70. The van der Waals surface area contributed by atoms with Crippen LogP contribution < -0.4 is 20.6 Å². The predicted octanol–water partition coefficient (Wildman–Crippen LogP) is 3.67. The Kier molecular flexibility index (Phi) is 7.22. The Morgan fingerprint density at radius 1 is 0.951 bits per heavy atom. The van der Waals surface area contributed by atoms with E-state index in [1.54, 1.807) is 17.8 Å². The molecule has 3 aliphatic rings. The number of morpholine rings is 1. The second-order valence-corrected chi connectivity index (χ2v) is 11.3. The lowest BCUT2D eigenvalue weighted by atomic mass is 9.93. The minimum absolute atomic E-state index is 0.0465. The van der Waals surface area contributed by atoms with Crippen molar-refractivity contribution in [2.75, 3.05) is 49.7 Å². The molecule has 11 nitrogen and oxygen atoms in total. The quantitative estimate of drug-likeness (QED) is 0.379.